The largest absolute Gasteiger partial charge is 0.341 e. The molecule has 0 amide bonds. The van der Waals surface area contributed by atoms with Crippen LogP contribution in [0.15, 0.2) is 18.2 Å². The van der Waals surface area contributed by atoms with Crippen molar-refractivity contribution < 1.29 is 0 Å². The van der Waals surface area contributed by atoms with Crippen molar-refractivity contribution in [2.45, 2.75) is 39.3 Å². The number of rotatable bonds is 0. The predicted octanol–water partition coefficient (Wildman–Crippen LogP) is 3.70. The van der Waals surface area contributed by atoms with Gasteiger partial charge in [0, 0.05) is 30.5 Å². The zero-order chi connectivity index (χ0) is 12.9. The van der Waals surface area contributed by atoms with E-state index in [1.54, 1.807) is 0 Å². The summed E-state index contributed by atoms with van der Waals surface area (Å²) < 4.78 is 2.35. The molecular weight excluding hydrogens is 244 g/mol. The summed E-state index contributed by atoms with van der Waals surface area (Å²) in [7, 11) is 0. The van der Waals surface area contributed by atoms with Crippen molar-refractivity contribution in [1.29, 1.82) is 0 Å². The van der Waals surface area contributed by atoms with Crippen molar-refractivity contribution in [1.82, 2.24) is 9.88 Å². The summed E-state index contributed by atoms with van der Waals surface area (Å²) in [5.41, 5.74) is 4.00. The molecule has 0 aliphatic carbocycles. The summed E-state index contributed by atoms with van der Waals surface area (Å²) in [5.74, 6) is 0. The molecule has 0 radical (unpaired) electrons. The van der Waals surface area contributed by atoms with Crippen LogP contribution in [0.1, 0.15) is 32.0 Å². The molecule has 1 aromatic heterocycles. The SMILES string of the molecule is CC(C)(C)c1ccc2c(c1)c(Cl)c1n2CCNC1. The van der Waals surface area contributed by atoms with Gasteiger partial charge in [-0.15, -0.1) is 0 Å². The molecule has 0 fully saturated rings. The number of aromatic nitrogens is 1. The minimum atomic E-state index is 0.165. The maximum absolute atomic E-state index is 6.54. The Morgan fingerprint density at radius 3 is 2.78 bits per heavy atom. The van der Waals surface area contributed by atoms with Gasteiger partial charge in [0.2, 0.25) is 0 Å². The molecule has 2 aromatic rings. The van der Waals surface area contributed by atoms with E-state index in [2.05, 4.69) is 48.9 Å². The van der Waals surface area contributed by atoms with Crippen LogP contribution in [0.25, 0.3) is 10.9 Å². The fourth-order valence-corrected chi connectivity index (χ4v) is 2.98. The first-order valence-electron chi connectivity index (χ1n) is 6.50. The summed E-state index contributed by atoms with van der Waals surface area (Å²) in [4.78, 5) is 0. The van der Waals surface area contributed by atoms with Crippen molar-refractivity contribution in [3.05, 3.63) is 34.5 Å². The summed E-state index contributed by atoms with van der Waals surface area (Å²) in [6.45, 7) is 9.61. The molecule has 18 heavy (non-hydrogen) atoms. The maximum atomic E-state index is 6.54. The second-order valence-electron chi connectivity index (χ2n) is 6.07. The molecule has 0 saturated carbocycles. The van der Waals surface area contributed by atoms with Crippen LogP contribution in [0.5, 0.6) is 0 Å². The standard InChI is InChI=1S/C15H19ClN2/c1-15(2,3)10-4-5-12-11(8-10)14(16)13-9-17-6-7-18(12)13/h4-5,8,17H,6-7,9H2,1-3H3. The fraction of sp³-hybridized carbons (Fsp3) is 0.467. The van der Waals surface area contributed by atoms with Gasteiger partial charge in [0.25, 0.3) is 0 Å². The summed E-state index contributed by atoms with van der Waals surface area (Å²) in [5, 5.41) is 5.50. The van der Waals surface area contributed by atoms with E-state index < -0.39 is 0 Å². The van der Waals surface area contributed by atoms with Gasteiger partial charge in [0.1, 0.15) is 0 Å². The van der Waals surface area contributed by atoms with Crippen LogP contribution >= 0.6 is 11.6 Å². The minimum Gasteiger partial charge on any atom is -0.341 e. The van der Waals surface area contributed by atoms with E-state index in [0.29, 0.717) is 0 Å². The molecule has 2 nitrogen and oxygen atoms in total. The van der Waals surface area contributed by atoms with E-state index in [0.717, 1.165) is 24.7 Å². The van der Waals surface area contributed by atoms with Gasteiger partial charge >= 0.3 is 0 Å². The van der Waals surface area contributed by atoms with Gasteiger partial charge in [-0.1, -0.05) is 38.4 Å². The number of halogens is 1. The third-order valence-electron chi connectivity index (χ3n) is 3.77. The van der Waals surface area contributed by atoms with Gasteiger partial charge in [0.05, 0.1) is 10.7 Å². The Morgan fingerprint density at radius 2 is 2.06 bits per heavy atom. The molecule has 0 unspecified atom stereocenters. The number of hydrogen-bond donors (Lipinski definition) is 1. The van der Waals surface area contributed by atoms with E-state index in [1.165, 1.54) is 22.2 Å². The molecule has 3 rings (SSSR count). The molecule has 1 aliphatic rings. The van der Waals surface area contributed by atoms with E-state index in [4.69, 9.17) is 11.6 Å². The number of hydrogen-bond acceptors (Lipinski definition) is 1. The average molecular weight is 263 g/mol. The molecule has 0 spiro atoms. The average Bonchev–Trinajstić information content (AvgIpc) is 2.63. The monoisotopic (exact) mass is 262 g/mol. The number of nitrogens with one attached hydrogen (secondary N) is 1. The zero-order valence-electron chi connectivity index (χ0n) is 11.2. The second-order valence-corrected chi connectivity index (χ2v) is 6.45. The lowest BCUT2D eigenvalue weighted by molar-refractivity contribution is 0.527. The first-order valence-corrected chi connectivity index (χ1v) is 6.88. The van der Waals surface area contributed by atoms with Crippen molar-refractivity contribution >= 4 is 22.5 Å². The number of nitrogens with zero attached hydrogens (tertiary/aromatic N) is 1. The van der Waals surface area contributed by atoms with Crippen LogP contribution in [0.3, 0.4) is 0 Å². The molecule has 1 N–H and O–H groups in total. The van der Waals surface area contributed by atoms with Gasteiger partial charge in [-0.3, -0.25) is 0 Å². The molecule has 0 atom stereocenters. The van der Waals surface area contributed by atoms with Crippen LogP contribution in [0, 0.1) is 0 Å². The third-order valence-corrected chi connectivity index (χ3v) is 4.20. The van der Waals surface area contributed by atoms with E-state index >= 15 is 0 Å². The van der Waals surface area contributed by atoms with Crippen LogP contribution in [0.4, 0.5) is 0 Å². The first-order chi connectivity index (χ1) is 8.48. The third kappa shape index (κ3) is 1.75. The van der Waals surface area contributed by atoms with Gasteiger partial charge in [0.15, 0.2) is 0 Å². The smallest absolute Gasteiger partial charge is 0.0707 e. The summed E-state index contributed by atoms with van der Waals surface area (Å²) in [6.07, 6.45) is 0. The lowest BCUT2D eigenvalue weighted by atomic mass is 9.86. The quantitative estimate of drug-likeness (QED) is 0.766. The molecular formula is C15H19ClN2. The lowest BCUT2D eigenvalue weighted by Crippen LogP contribution is -2.27. The predicted molar refractivity (Wildman–Crippen MR) is 77.4 cm³/mol. The first kappa shape index (κ1) is 12.1. The Bertz CT molecular complexity index is 605. The van der Waals surface area contributed by atoms with Crippen molar-refractivity contribution in [3.8, 4) is 0 Å². The van der Waals surface area contributed by atoms with Crippen molar-refractivity contribution in [2.75, 3.05) is 6.54 Å². The van der Waals surface area contributed by atoms with Gasteiger partial charge in [-0.05, 0) is 23.1 Å². The van der Waals surface area contributed by atoms with E-state index in [-0.39, 0.29) is 5.41 Å². The minimum absolute atomic E-state index is 0.165. The molecule has 3 heteroatoms. The van der Waals surface area contributed by atoms with Gasteiger partial charge < -0.3 is 9.88 Å². The summed E-state index contributed by atoms with van der Waals surface area (Å²) >= 11 is 6.54. The van der Waals surface area contributed by atoms with Crippen LogP contribution in [-0.2, 0) is 18.5 Å². The highest BCUT2D eigenvalue weighted by molar-refractivity contribution is 6.36. The normalized spacial score (nSPS) is 16.0. The van der Waals surface area contributed by atoms with Crippen molar-refractivity contribution in [3.63, 3.8) is 0 Å². The highest BCUT2D eigenvalue weighted by Gasteiger charge is 2.20. The molecule has 0 saturated heterocycles. The number of fused-ring (bicyclic) bond motifs is 3. The van der Waals surface area contributed by atoms with Gasteiger partial charge in [-0.25, -0.2) is 0 Å². The van der Waals surface area contributed by atoms with Crippen LogP contribution < -0.4 is 5.32 Å². The molecule has 2 heterocycles. The van der Waals surface area contributed by atoms with Crippen LogP contribution in [0.2, 0.25) is 5.02 Å². The van der Waals surface area contributed by atoms with Crippen molar-refractivity contribution in [2.24, 2.45) is 0 Å². The van der Waals surface area contributed by atoms with Crippen LogP contribution in [-0.4, -0.2) is 11.1 Å². The highest BCUT2D eigenvalue weighted by atomic mass is 35.5. The Morgan fingerprint density at radius 1 is 1.28 bits per heavy atom. The second kappa shape index (κ2) is 4.01. The zero-order valence-corrected chi connectivity index (χ0v) is 11.9. The Kier molecular flexibility index (Phi) is 2.68. The Labute approximate surface area is 113 Å². The topological polar surface area (TPSA) is 17.0 Å². The molecule has 0 bridgehead atoms. The molecule has 1 aromatic carbocycles. The van der Waals surface area contributed by atoms with E-state index in [9.17, 15) is 0 Å². The fourth-order valence-electron chi connectivity index (χ4n) is 2.66. The van der Waals surface area contributed by atoms with E-state index in [1.807, 2.05) is 0 Å². The number of benzene rings is 1. The Balaban J connectivity index is 2.26. The maximum Gasteiger partial charge on any atom is 0.0707 e. The molecule has 96 valence electrons. The highest BCUT2D eigenvalue weighted by Crippen LogP contribution is 2.35. The van der Waals surface area contributed by atoms with Gasteiger partial charge in [-0.2, -0.15) is 0 Å². The lowest BCUT2D eigenvalue weighted by Gasteiger charge is -2.19. The Hall–Kier alpha value is -0.990. The summed E-state index contributed by atoms with van der Waals surface area (Å²) in [6, 6.07) is 6.70. The molecule has 1 aliphatic heterocycles.